The van der Waals surface area contributed by atoms with Gasteiger partial charge in [0.25, 0.3) is 0 Å². The Hall–Kier alpha value is -3.55. The lowest BCUT2D eigenvalue weighted by molar-refractivity contribution is -0.119. The molecule has 2 N–H and O–H groups in total. The monoisotopic (exact) mass is 440 g/mol. The van der Waals surface area contributed by atoms with Crippen molar-refractivity contribution >= 4 is 12.1 Å². The molecule has 1 amide bonds. The van der Waals surface area contributed by atoms with Crippen molar-refractivity contribution in [2.75, 3.05) is 32.6 Å². The van der Waals surface area contributed by atoms with Crippen molar-refractivity contribution in [3.63, 3.8) is 0 Å². The largest absolute Gasteiger partial charge is 0.495 e. The highest BCUT2D eigenvalue weighted by Gasteiger charge is 2.20. The summed E-state index contributed by atoms with van der Waals surface area (Å²) in [5.74, 6) is 2.18. The Morgan fingerprint density at radius 1 is 1.28 bits per heavy atom. The van der Waals surface area contributed by atoms with Crippen molar-refractivity contribution in [2.24, 2.45) is 0 Å². The first-order valence-corrected chi connectivity index (χ1v) is 10.5. The number of rotatable bonds is 6. The molecule has 0 bridgehead atoms. The number of aryl methyl sites for hydroxylation is 1. The number of ether oxygens (including phenoxy) is 2. The predicted octanol–water partition coefficient (Wildman–Crippen LogP) is 4.17. The smallest absolute Gasteiger partial charge is 0.210 e. The van der Waals surface area contributed by atoms with Gasteiger partial charge in [-0.25, -0.2) is 9.37 Å². The number of hydrogen-bond acceptors (Lipinski definition) is 5. The third-order valence-electron chi connectivity index (χ3n) is 5.21. The van der Waals surface area contributed by atoms with Crippen LogP contribution in [0, 0.1) is 12.7 Å². The van der Waals surface area contributed by atoms with Gasteiger partial charge in [0.2, 0.25) is 6.41 Å². The normalized spacial score (nSPS) is 12.3. The number of hydrogen-bond donors (Lipinski definition) is 2. The van der Waals surface area contributed by atoms with E-state index in [1.807, 2.05) is 39.1 Å². The molecule has 2 aromatic carbocycles. The van der Waals surface area contributed by atoms with Gasteiger partial charge in [-0.15, -0.1) is 0 Å². The number of aromatic amines is 1. The van der Waals surface area contributed by atoms with E-state index in [1.165, 1.54) is 12.1 Å². The highest BCUT2D eigenvalue weighted by atomic mass is 19.1. The first-order chi connectivity index (χ1) is 15.5. The Balaban J connectivity index is 0.000000195. The number of imidazole rings is 1. The molecule has 1 aliphatic heterocycles. The fraction of sp³-hybridized carbons (Fsp3) is 0.333. The zero-order valence-electron chi connectivity index (χ0n) is 18.9. The summed E-state index contributed by atoms with van der Waals surface area (Å²) >= 11 is 0. The standard InChI is InChI=1S/C14H14FN3O.C10H15NO2/c1-9-6-10(15)2-3-11(9)14-16-12-4-5-18(8-19)7-13(12)17-14;1-4-13-8-5-6-10(12-3)9(7-8)11-2/h2-3,6,8H,4-5,7H2,1H3,(H,16,17);5-7,11H,4H2,1-3H3. The zero-order chi connectivity index (χ0) is 23.1. The number of nitrogens with zero attached hydrogens (tertiary/aromatic N) is 2. The summed E-state index contributed by atoms with van der Waals surface area (Å²) in [5.41, 5.74) is 4.65. The van der Waals surface area contributed by atoms with Crippen molar-refractivity contribution in [3.05, 3.63) is 59.2 Å². The molecule has 0 radical (unpaired) electrons. The van der Waals surface area contributed by atoms with Crippen LogP contribution in [0.15, 0.2) is 36.4 Å². The van der Waals surface area contributed by atoms with Crippen LogP contribution in [0.5, 0.6) is 11.5 Å². The van der Waals surface area contributed by atoms with E-state index in [1.54, 1.807) is 18.1 Å². The summed E-state index contributed by atoms with van der Waals surface area (Å²) in [6.45, 7) is 5.76. The molecule has 1 aliphatic rings. The maximum absolute atomic E-state index is 13.1. The lowest BCUT2D eigenvalue weighted by Gasteiger charge is -2.21. The number of amides is 1. The van der Waals surface area contributed by atoms with Crippen molar-refractivity contribution in [2.45, 2.75) is 26.8 Å². The van der Waals surface area contributed by atoms with Crippen LogP contribution in [-0.4, -0.2) is 48.6 Å². The lowest BCUT2D eigenvalue weighted by Crippen LogP contribution is -2.29. The van der Waals surface area contributed by atoms with E-state index in [0.717, 1.165) is 58.4 Å². The molecule has 1 aromatic heterocycles. The van der Waals surface area contributed by atoms with Gasteiger partial charge < -0.3 is 24.7 Å². The van der Waals surface area contributed by atoms with E-state index >= 15 is 0 Å². The van der Waals surface area contributed by atoms with E-state index in [9.17, 15) is 9.18 Å². The van der Waals surface area contributed by atoms with Gasteiger partial charge in [0, 0.05) is 31.6 Å². The summed E-state index contributed by atoms with van der Waals surface area (Å²) in [6.07, 6.45) is 1.61. The van der Waals surface area contributed by atoms with E-state index in [4.69, 9.17) is 9.47 Å². The number of H-pyrrole nitrogens is 1. The third-order valence-corrected chi connectivity index (χ3v) is 5.21. The minimum Gasteiger partial charge on any atom is -0.495 e. The van der Waals surface area contributed by atoms with Gasteiger partial charge in [0.15, 0.2) is 0 Å². The van der Waals surface area contributed by atoms with Crippen LogP contribution < -0.4 is 14.8 Å². The Kier molecular flexibility index (Phi) is 7.70. The van der Waals surface area contributed by atoms with E-state index in [2.05, 4.69) is 15.3 Å². The van der Waals surface area contributed by atoms with Crippen molar-refractivity contribution in [3.8, 4) is 22.9 Å². The average molecular weight is 441 g/mol. The summed E-state index contributed by atoms with van der Waals surface area (Å²) in [6, 6.07) is 10.4. The molecule has 0 aliphatic carbocycles. The minimum atomic E-state index is -0.246. The molecule has 0 saturated heterocycles. The van der Waals surface area contributed by atoms with Gasteiger partial charge >= 0.3 is 0 Å². The summed E-state index contributed by atoms with van der Waals surface area (Å²) in [5, 5.41) is 3.04. The number of fused-ring (bicyclic) bond motifs is 1. The summed E-state index contributed by atoms with van der Waals surface area (Å²) < 4.78 is 23.6. The number of nitrogens with one attached hydrogen (secondary N) is 2. The van der Waals surface area contributed by atoms with E-state index < -0.39 is 0 Å². The van der Waals surface area contributed by atoms with Crippen molar-refractivity contribution in [1.29, 1.82) is 0 Å². The molecular formula is C24H29FN4O3. The molecule has 8 heteroatoms. The highest BCUT2D eigenvalue weighted by Crippen LogP contribution is 2.28. The Morgan fingerprint density at radius 3 is 2.75 bits per heavy atom. The van der Waals surface area contributed by atoms with Gasteiger partial charge in [0.05, 0.1) is 37.3 Å². The maximum atomic E-state index is 13.1. The highest BCUT2D eigenvalue weighted by molar-refractivity contribution is 5.61. The van der Waals surface area contributed by atoms with Crippen LogP contribution in [0.2, 0.25) is 0 Å². The van der Waals surface area contributed by atoms with Gasteiger partial charge in [-0.1, -0.05) is 0 Å². The Bertz CT molecular complexity index is 1070. The molecule has 3 aromatic rings. The van der Waals surface area contributed by atoms with Gasteiger partial charge in [-0.05, 0) is 49.7 Å². The number of benzene rings is 2. The van der Waals surface area contributed by atoms with Gasteiger partial charge in [-0.3, -0.25) is 4.79 Å². The SMILES string of the molecule is CCOc1ccc(OC)c(NC)c1.Cc1cc(F)ccc1-c1nc2c([nH]1)CN(C=O)CC2. The van der Waals surface area contributed by atoms with Gasteiger partial charge in [-0.2, -0.15) is 0 Å². The Labute approximate surface area is 187 Å². The second kappa shape index (κ2) is 10.7. The molecule has 32 heavy (non-hydrogen) atoms. The maximum Gasteiger partial charge on any atom is 0.210 e. The number of carbonyl (C=O) groups is 1. The summed E-state index contributed by atoms with van der Waals surface area (Å²) in [4.78, 5) is 20.3. The van der Waals surface area contributed by atoms with Crippen LogP contribution in [-0.2, 0) is 17.8 Å². The number of anilines is 1. The van der Waals surface area contributed by atoms with Crippen LogP contribution in [0.4, 0.5) is 10.1 Å². The van der Waals surface area contributed by atoms with E-state index in [-0.39, 0.29) is 5.82 Å². The second-order valence-electron chi connectivity index (χ2n) is 7.34. The molecule has 170 valence electrons. The molecule has 0 atom stereocenters. The van der Waals surface area contributed by atoms with Crippen LogP contribution in [0.3, 0.4) is 0 Å². The quantitative estimate of drug-likeness (QED) is 0.563. The molecule has 0 spiro atoms. The lowest BCUT2D eigenvalue weighted by atomic mass is 10.1. The minimum absolute atomic E-state index is 0.246. The third kappa shape index (κ3) is 5.38. The first-order valence-electron chi connectivity index (χ1n) is 10.5. The number of aromatic nitrogens is 2. The predicted molar refractivity (Wildman–Crippen MR) is 123 cm³/mol. The average Bonchev–Trinajstić information content (AvgIpc) is 3.22. The number of halogens is 1. The van der Waals surface area contributed by atoms with Crippen molar-refractivity contribution < 1.29 is 18.7 Å². The van der Waals surface area contributed by atoms with Crippen LogP contribution >= 0.6 is 0 Å². The Morgan fingerprint density at radius 2 is 2.09 bits per heavy atom. The molecule has 0 saturated carbocycles. The number of methoxy groups -OCH3 is 1. The second-order valence-corrected chi connectivity index (χ2v) is 7.34. The van der Waals surface area contributed by atoms with Crippen LogP contribution in [0.25, 0.3) is 11.4 Å². The first kappa shape index (κ1) is 23.1. The molecule has 0 unspecified atom stereocenters. The fourth-order valence-corrected chi connectivity index (χ4v) is 3.56. The zero-order valence-corrected chi connectivity index (χ0v) is 18.9. The molecule has 0 fully saturated rings. The van der Waals surface area contributed by atoms with Gasteiger partial charge in [0.1, 0.15) is 23.1 Å². The molecule has 7 nitrogen and oxygen atoms in total. The molecule has 4 rings (SSSR count). The van der Waals surface area contributed by atoms with Crippen molar-refractivity contribution in [1.82, 2.24) is 14.9 Å². The van der Waals surface area contributed by atoms with E-state index in [0.29, 0.717) is 19.7 Å². The topological polar surface area (TPSA) is 79.5 Å². The molecular weight excluding hydrogens is 411 g/mol. The summed E-state index contributed by atoms with van der Waals surface area (Å²) in [7, 11) is 3.50. The number of carbonyl (C=O) groups excluding carboxylic acids is 1. The fourth-order valence-electron chi connectivity index (χ4n) is 3.56. The van der Waals surface area contributed by atoms with Crippen LogP contribution in [0.1, 0.15) is 23.9 Å². The molecule has 2 heterocycles.